The molecule has 140 valence electrons. The number of likely N-dealkylation sites (tertiary alicyclic amines) is 1. The van der Waals surface area contributed by atoms with Gasteiger partial charge in [-0.25, -0.2) is 4.98 Å². The lowest BCUT2D eigenvalue weighted by molar-refractivity contribution is -0.897. The summed E-state index contributed by atoms with van der Waals surface area (Å²) in [6.07, 6.45) is 2.21. The standard InChI is InChI=1S/C22H25N3OS/c1-15-7-8-18(16(2)13-15)23-21(26)14-25-11-9-17(10-12-25)22-24-19-5-3-4-6-20(19)27-22/h3-8,13,17H,9-12,14H2,1-2H3,(H,23,26)/p+1. The third-order valence-electron chi connectivity index (χ3n) is 5.42. The van der Waals surface area contributed by atoms with Gasteiger partial charge in [-0.15, -0.1) is 11.3 Å². The number of carbonyl (C=O) groups is 1. The van der Waals surface area contributed by atoms with Crippen LogP contribution < -0.4 is 10.2 Å². The fourth-order valence-corrected chi connectivity index (χ4v) is 5.03. The number of nitrogens with one attached hydrogen (secondary N) is 2. The van der Waals surface area contributed by atoms with Gasteiger partial charge in [-0.2, -0.15) is 0 Å². The molecule has 0 radical (unpaired) electrons. The van der Waals surface area contributed by atoms with Crippen molar-refractivity contribution in [2.75, 3.05) is 25.0 Å². The van der Waals surface area contributed by atoms with E-state index in [0.29, 0.717) is 12.5 Å². The van der Waals surface area contributed by atoms with Crippen LogP contribution in [-0.2, 0) is 4.79 Å². The van der Waals surface area contributed by atoms with E-state index in [-0.39, 0.29) is 5.91 Å². The predicted molar refractivity (Wildman–Crippen MR) is 112 cm³/mol. The van der Waals surface area contributed by atoms with E-state index in [1.807, 2.05) is 36.5 Å². The van der Waals surface area contributed by atoms with Crippen molar-refractivity contribution in [1.82, 2.24) is 4.98 Å². The summed E-state index contributed by atoms with van der Waals surface area (Å²) in [5, 5.41) is 4.33. The number of rotatable bonds is 4. The highest BCUT2D eigenvalue weighted by Gasteiger charge is 2.27. The third-order valence-corrected chi connectivity index (χ3v) is 6.62. The van der Waals surface area contributed by atoms with Gasteiger partial charge in [-0.1, -0.05) is 29.8 Å². The van der Waals surface area contributed by atoms with Crippen LogP contribution in [0.3, 0.4) is 0 Å². The number of carbonyl (C=O) groups excluding carboxylic acids is 1. The minimum Gasteiger partial charge on any atom is -0.327 e. The second-order valence-electron chi connectivity index (χ2n) is 7.59. The molecular formula is C22H26N3OS+. The molecule has 1 amide bonds. The number of para-hydroxylation sites is 1. The van der Waals surface area contributed by atoms with Crippen molar-refractivity contribution < 1.29 is 9.69 Å². The van der Waals surface area contributed by atoms with Crippen LogP contribution in [0.15, 0.2) is 42.5 Å². The van der Waals surface area contributed by atoms with Gasteiger partial charge in [0.1, 0.15) is 0 Å². The molecule has 4 rings (SSSR count). The summed E-state index contributed by atoms with van der Waals surface area (Å²) < 4.78 is 1.27. The van der Waals surface area contributed by atoms with Crippen molar-refractivity contribution in [2.45, 2.75) is 32.6 Å². The molecule has 1 aromatic heterocycles. The SMILES string of the molecule is Cc1ccc(NC(=O)C[NH+]2CCC(c3nc4ccccc4s3)CC2)c(C)c1. The summed E-state index contributed by atoms with van der Waals surface area (Å²) in [7, 11) is 0. The largest absolute Gasteiger partial charge is 0.327 e. The molecule has 2 aromatic carbocycles. The Labute approximate surface area is 164 Å². The van der Waals surface area contributed by atoms with Gasteiger partial charge in [0.25, 0.3) is 5.91 Å². The maximum atomic E-state index is 12.4. The normalized spacial score (nSPS) is 19.9. The zero-order valence-electron chi connectivity index (χ0n) is 15.9. The van der Waals surface area contributed by atoms with E-state index in [1.54, 1.807) is 0 Å². The van der Waals surface area contributed by atoms with Crippen molar-refractivity contribution in [3.8, 4) is 0 Å². The molecule has 4 nitrogen and oxygen atoms in total. The topological polar surface area (TPSA) is 46.4 Å². The number of aromatic nitrogens is 1. The number of hydrogen-bond donors (Lipinski definition) is 2. The summed E-state index contributed by atoms with van der Waals surface area (Å²) >= 11 is 1.82. The van der Waals surface area contributed by atoms with Gasteiger partial charge < -0.3 is 10.2 Å². The Morgan fingerprint density at radius 1 is 1.19 bits per heavy atom. The van der Waals surface area contributed by atoms with E-state index >= 15 is 0 Å². The maximum absolute atomic E-state index is 12.4. The number of anilines is 1. The number of fused-ring (bicyclic) bond motifs is 1. The lowest BCUT2D eigenvalue weighted by Crippen LogP contribution is -3.14. The molecule has 2 N–H and O–H groups in total. The molecular weight excluding hydrogens is 354 g/mol. The molecule has 0 atom stereocenters. The number of nitrogens with zero attached hydrogens (tertiary/aromatic N) is 1. The second-order valence-corrected chi connectivity index (χ2v) is 8.65. The van der Waals surface area contributed by atoms with E-state index in [0.717, 1.165) is 42.7 Å². The van der Waals surface area contributed by atoms with Crippen LogP contribution in [0.5, 0.6) is 0 Å². The Balaban J connectivity index is 1.31. The highest BCUT2D eigenvalue weighted by molar-refractivity contribution is 7.18. The van der Waals surface area contributed by atoms with Gasteiger partial charge in [0.05, 0.1) is 28.3 Å². The van der Waals surface area contributed by atoms with Gasteiger partial charge in [-0.05, 0) is 37.6 Å². The zero-order valence-corrected chi connectivity index (χ0v) is 16.7. The molecule has 1 aliphatic rings. The van der Waals surface area contributed by atoms with Crippen LogP contribution >= 0.6 is 11.3 Å². The summed E-state index contributed by atoms with van der Waals surface area (Å²) in [5.41, 5.74) is 4.37. The minimum absolute atomic E-state index is 0.107. The van der Waals surface area contributed by atoms with E-state index in [2.05, 4.69) is 36.5 Å². The molecule has 3 aromatic rings. The minimum atomic E-state index is 0.107. The molecule has 1 saturated heterocycles. The average molecular weight is 381 g/mol. The van der Waals surface area contributed by atoms with Gasteiger partial charge in [0.15, 0.2) is 6.54 Å². The van der Waals surface area contributed by atoms with E-state index in [9.17, 15) is 4.79 Å². The van der Waals surface area contributed by atoms with E-state index in [1.165, 1.54) is 20.2 Å². The van der Waals surface area contributed by atoms with Crippen LogP contribution in [0.4, 0.5) is 5.69 Å². The van der Waals surface area contributed by atoms with Crippen molar-refractivity contribution in [2.24, 2.45) is 0 Å². The van der Waals surface area contributed by atoms with Gasteiger partial charge in [0, 0.05) is 24.4 Å². The average Bonchev–Trinajstić information content (AvgIpc) is 3.09. The summed E-state index contributed by atoms with van der Waals surface area (Å²) in [4.78, 5) is 18.6. The van der Waals surface area contributed by atoms with Crippen molar-refractivity contribution in [3.05, 3.63) is 58.6 Å². The summed E-state index contributed by atoms with van der Waals surface area (Å²) in [5.74, 6) is 0.643. The smallest absolute Gasteiger partial charge is 0.279 e. The highest BCUT2D eigenvalue weighted by Crippen LogP contribution is 2.31. The molecule has 0 spiro atoms. The molecule has 1 aliphatic heterocycles. The molecule has 0 saturated carbocycles. The third kappa shape index (κ3) is 4.20. The second kappa shape index (κ2) is 7.79. The number of quaternary nitrogens is 1. The molecule has 0 unspecified atom stereocenters. The lowest BCUT2D eigenvalue weighted by atomic mass is 9.97. The Morgan fingerprint density at radius 3 is 2.70 bits per heavy atom. The Bertz CT molecular complexity index is 924. The first-order chi connectivity index (χ1) is 13.1. The van der Waals surface area contributed by atoms with Crippen molar-refractivity contribution in [3.63, 3.8) is 0 Å². The number of benzene rings is 2. The molecule has 27 heavy (non-hydrogen) atoms. The number of hydrogen-bond acceptors (Lipinski definition) is 3. The first kappa shape index (κ1) is 18.1. The van der Waals surface area contributed by atoms with Crippen LogP contribution in [0, 0.1) is 13.8 Å². The Kier molecular flexibility index (Phi) is 5.23. The number of piperidine rings is 1. The van der Waals surface area contributed by atoms with Gasteiger partial charge in [0.2, 0.25) is 0 Å². The Morgan fingerprint density at radius 2 is 1.96 bits per heavy atom. The molecule has 0 bridgehead atoms. The van der Waals surface area contributed by atoms with E-state index < -0.39 is 0 Å². The van der Waals surface area contributed by atoms with Crippen molar-refractivity contribution >= 4 is 33.1 Å². The van der Waals surface area contributed by atoms with Gasteiger partial charge >= 0.3 is 0 Å². The molecule has 5 heteroatoms. The van der Waals surface area contributed by atoms with Gasteiger partial charge in [-0.3, -0.25) is 4.79 Å². The molecule has 2 heterocycles. The number of amides is 1. The first-order valence-corrected chi connectivity index (χ1v) is 10.5. The quantitative estimate of drug-likeness (QED) is 0.729. The van der Waals surface area contributed by atoms with E-state index in [4.69, 9.17) is 4.98 Å². The van der Waals surface area contributed by atoms with Crippen LogP contribution in [0.2, 0.25) is 0 Å². The summed E-state index contributed by atoms with van der Waals surface area (Å²) in [6.45, 7) is 6.71. The fraction of sp³-hybridized carbons (Fsp3) is 0.364. The molecule has 1 fully saturated rings. The van der Waals surface area contributed by atoms with Crippen LogP contribution in [0.25, 0.3) is 10.2 Å². The summed E-state index contributed by atoms with van der Waals surface area (Å²) in [6, 6.07) is 14.5. The maximum Gasteiger partial charge on any atom is 0.279 e. The first-order valence-electron chi connectivity index (χ1n) is 9.64. The van der Waals surface area contributed by atoms with Crippen LogP contribution in [0.1, 0.15) is 34.9 Å². The number of aryl methyl sites for hydroxylation is 2. The lowest BCUT2D eigenvalue weighted by Gasteiger charge is -2.27. The number of thiazole rings is 1. The van der Waals surface area contributed by atoms with Crippen molar-refractivity contribution in [1.29, 1.82) is 0 Å². The Hall–Kier alpha value is -2.24. The predicted octanol–water partition coefficient (Wildman–Crippen LogP) is 3.31. The zero-order chi connectivity index (χ0) is 18.8. The monoisotopic (exact) mass is 380 g/mol. The van der Waals surface area contributed by atoms with Crippen LogP contribution in [-0.4, -0.2) is 30.5 Å². The fourth-order valence-electron chi connectivity index (χ4n) is 3.89. The highest BCUT2D eigenvalue weighted by atomic mass is 32.1. The molecule has 0 aliphatic carbocycles.